The van der Waals surface area contributed by atoms with E-state index in [2.05, 4.69) is 4.74 Å². The summed E-state index contributed by atoms with van der Waals surface area (Å²) in [6.45, 7) is 0. The van der Waals surface area contributed by atoms with Crippen LogP contribution in [0.4, 0.5) is 8.78 Å². The number of methoxy groups -OCH3 is 4. The highest BCUT2D eigenvalue weighted by Crippen LogP contribution is 2.44. The molecule has 0 N–H and O–H groups in total. The molecule has 0 amide bonds. The van der Waals surface area contributed by atoms with Crippen LogP contribution in [0.5, 0.6) is 17.2 Å². The van der Waals surface area contributed by atoms with Crippen molar-refractivity contribution >= 4 is 5.97 Å². The number of esters is 1. The molecule has 0 bridgehead atoms. The topological polar surface area (TPSA) is 54.0 Å². The maximum absolute atomic E-state index is 14.0. The number of carbonyl (C=O) groups is 1. The van der Waals surface area contributed by atoms with E-state index in [0.29, 0.717) is 0 Å². The number of ether oxygens (including phenoxy) is 4. The molecular weight excluding hydrogens is 262 g/mol. The van der Waals surface area contributed by atoms with Gasteiger partial charge in [0.05, 0.1) is 28.4 Å². The Bertz CT molecular complexity index is 448. The van der Waals surface area contributed by atoms with E-state index < -0.39 is 17.5 Å². The second-order valence-corrected chi connectivity index (χ2v) is 3.47. The van der Waals surface area contributed by atoms with Crippen LogP contribution >= 0.6 is 0 Å². The van der Waals surface area contributed by atoms with Crippen LogP contribution in [0.25, 0.3) is 0 Å². The summed E-state index contributed by atoms with van der Waals surface area (Å²) in [5, 5.41) is 0. The van der Waals surface area contributed by atoms with E-state index >= 15 is 0 Å². The minimum atomic E-state index is -3.89. The standard InChI is InChI=1S/C12H14F2O5/c1-16-7-5-8(17-2)10(9(6-7)18-3)12(13,14)11(15)19-4/h5-6H,1-4H3. The van der Waals surface area contributed by atoms with Crippen LogP contribution in [0, 0.1) is 0 Å². The molecule has 1 aromatic rings. The Hall–Kier alpha value is -2.05. The summed E-state index contributed by atoms with van der Waals surface area (Å²) in [5.74, 6) is -5.79. The zero-order valence-corrected chi connectivity index (χ0v) is 11.0. The summed E-state index contributed by atoms with van der Waals surface area (Å²) >= 11 is 0. The van der Waals surface area contributed by atoms with Gasteiger partial charge < -0.3 is 18.9 Å². The van der Waals surface area contributed by atoms with Gasteiger partial charge in [-0.15, -0.1) is 0 Å². The first-order valence-electron chi connectivity index (χ1n) is 5.19. The SMILES string of the molecule is COC(=O)C(F)(F)c1c(OC)cc(OC)cc1OC. The second-order valence-electron chi connectivity index (χ2n) is 3.47. The molecule has 0 saturated heterocycles. The quantitative estimate of drug-likeness (QED) is 0.770. The Balaban J connectivity index is 3.52. The van der Waals surface area contributed by atoms with Crippen molar-refractivity contribution < 1.29 is 32.5 Å². The fraction of sp³-hybridized carbons (Fsp3) is 0.417. The molecule has 0 atom stereocenters. The zero-order chi connectivity index (χ0) is 14.6. The normalized spacial score (nSPS) is 10.8. The smallest absolute Gasteiger partial charge is 0.382 e. The average Bonchev–Trinajstić information content (AvgIpc) is 2.44. The summed E-state index contributed by atoms with van der Waals surface area (Å²) in [5.41, 5.74) is -0.704. The summed E-state index contributed by atoms with van der Waals surface area (Å²) in [6.07, 6.45) is 0. The first kappa shape index (κ1) is 15.0. The zero-order valence-electron chi connectivity index (χ0n) is 11.0. The van der Waals surface area contributed by atoms with Crippen LogP contribution in [0.1, 0.15) is 5.56 Å². The van der Waals surface area contributed by atoms with E-state index in [1.807, 2.05) is 0 Å². The van der Waals surface area contributed by atoms with Crippen molar-refractivity contribution in [2.45, 2.75) is 5.92 Å². The van der Waals surface area contributed by atoms with Crippen molar-refractivity contribution in [3.63, 3.8) is 0 Å². The van der Waals surface area contributed by atoms with Gasteiger partial charge in [-0.1, -0.05) is 0 Å². The lowest BCUT2D eigenvalue weighted by Crippen LogP contribution is -2.28. The number of rotatable bonds is 5. The van der Waals surface area contributed by atoms with E-state index in [0.717, 1.165) is 7.11 Å². The molecule has 5 nitrogen and oxygen atoms in total. The largest absolute Gasteiger partial charge is 0.496 e. The number of halogens is 2. The highest BCUT2D eigenvalue weighted by molar-refractivity contribution is 5.82. The maximum Gasteiger partial charge on any atom is 0.382 e. The molecule has 1 rings (SSSR count). The number of hydrogen-bond acceptors (Lipinski definition) is 5. The summed E-state index contributed by atoms with van der Waals surface area (Å²) < 4.78 is 46.8. The lowest BCUT2D eigenvalue weighted by atomic mass is 10.1. The Labute approximate surface area is 109 Å². The maximum atomic E-state index is 14.0. The van der Waals surface area contributed by atoms with E-state index in [1.54, 1.807) is 0 Å². The molecule has 0 aromatic heterocycles. The van der Waals surface area contributed by atoms with E-state index in [4.69, 9.17) is 14.2 Å². The van der Waals surface area contributed by atoms with Gasteiger partial charge in [-0.05, 0) is 0 Å². The lowest BCUT2D eigenvalue weighted by molar-refractivity contribution is -0.170. The van der Waals surface area contributed by atoms with Crippen molar-refractivity contribution in [1.82, 2.24) is 0 Å². The number of alkyl halides is 2. The molecular formula is C12H14F2O5. The van der Waals surface area contributed by atoms with Crippen LogP contribution in [-0.4, -0.2) is 34.4 Å². The van der Waals surface area contributed by atoms with Crippen molar-refractivity contribution in [1.29, 1.82) is 0 Å². The minimum Gasteiger partial charge on any atom is -0.496 e. The van der Waals surface area contributed by atoms with Gasteiger partial charge in [0.25, 0.3) is 0 Å². The fourth-order valence-electron chi connectivity index (χ4n) is 1.55. The molecule has 0 aliphatic carbocycles. The molecule has 0 spiro atoms. The van der Waals surface area contributed by atoms with Crippen LogP contribution in [0.15, 0.2) is 12.1 Å². The van der Waals surface area contributed by atoms with Gasteiger partial charge in [-0.25, -0.2) is 4.79 Å². The third kappa shape index (κ3) is 2.69. The molecule has 1 aromatic carbocycles. The van der Waals surface area contributed by atoms with Gasteiger partial charge in [0.15, 0.2) is 0 Å². The Morgan fingerprint density at radius 2 is 1.47 bits per heavy atom. The molecule has 0 saturated carbocycles. The Kier molecular flexibility index (Phi) is 4.52. The predicted molar refractivity (Wildman–Crippen MR) is 62.0 cm³/mol. The van der Waals surface area contributed by atoms with Gasteiger partial charge in [0, 0.05) is 12.1 Å². The van der Waals surface area contributed by atoms with Gasteiger partial charge in [-0.2, -0.15) is 8.78 Å². The van der Waals surface area contributed by atoms with Crippen LogP contribution < -0.4 is 14.2 Å². The lowest BCUT2D eigenvalue weighted by Gasteiger charge is -2.20. The molecule has 106 valence electrons. The number of hydrogen-bond donors (Lipinski definition) is 0. The summed E-state index contributed by atoms with van der Waals surface area (Å²) in [4.78, 5) is 11.2. The van der Waals surface area contributed by atoms with E-state index in [1.165, 1.54) is 33.5 Å². The molecule has 0 heterocycles. The fourth-order valence-corrected chi connectivity index (χ4v) is 1.55. The third-order valence-electron chi connectivity index (χ3n) is 2.47. The van der Waals surface area contributed by atoms with Crippen molar-refractivity contribution in [3.05, 3.63) is 17.7 Å². The summed E-state index contributed by atoms with van der Waals surface area (Å²) in [7, 11) is 4.64. The highest BCUT2D eigenvalue weighted by Gasteiger charge is 2.47. The van der Waals surface area contributed by atoms with Crippen molar-refractivity contribution in [2.75, 3.05) is 28.4 Å². The second kappa shape index (κ2) is 5.73. The molecule has 0 unspecified atom stereocenters. The Morgan fingerprint density at radius 3 is 1.79 bits per heavy atom. The minimum absolute atomic E-state index is 0.230. The van der Waals surface area contributed by atoms with Crippen LogP contribution in [-0.2, 0) is 15.5 Å². The molecule has 0 aliphatic rings. The Morgan fingerprint density at radius 1 is 1.00 bits per heavy atom. The predicted octanol–water partition coefficient (Wildman–Crippen LogP) is 1.98. The van der Waals surface area contributed by atoms with Crippen molar-refractivity contribution in [2.24, 2.45) is 0 Å². The first-order chi connectivity index (χ1) is 8.92. The van der Waals surface area contributed by atoms with Crippen molar-refractivity contribution in [3.8, 4) is 17.2 Å². The molecule has 0 fully saturated rings. The average molecular weight is 276 g/mol. The number of carbonyl (C=O) groups excluding carboxylic acids is 1. The highest BCUT2D eigenvalue weighted by atomic mass is 19.3. The molecule has 7 heteroatoms. The third-order valence-corrected chi connectivity index (χ3v) is 2.47. The first-order valence-corrected chi connectivity index (χ1v) is 5.19. The van der Waals surface area contributed by atoms with E-state index in [-0.39, 0.29) is 17.2 Å². The summed E-state index contributed by atoms with van der Waals surface area (Å²) in [6, 6.07) is 2.46. The van der Waals surface area contributed by atoms with Gasteiger partial charge in [-0.3, -0.25) is 0 Å². The van der Waals surface area contributed by atoms with Crippen LogP contribution in [0.3, 0.4) is 0 Å². The molecule has 0 aliphatic heterocycles. The van der Waals surface area contributed by atoms with E-state index in [9.17, 15) is 13.6 Å². The molecule has 19 heavy (non-hydrogen) atoms. The molecule has 0 radical (unpaired) electrons. The van der Waals surface area contributed by atoms with Gasteiger partial charge in [0.1, 0.15) is 22.8 Å². The van der Waals surface area contributed by atoms with Gasteiger partial charge in [0.2, 0.25) is 0 Å². The van der Waals surface area contributed by atoms with Crippen LogP contribution in [0.2, 0.25) is 0 Å². The van der Waals surface area contributed by atoms with Gasteiger partial charge >= 0.3 is 11.9 Å². The monoisotopic (exact) mass is 276 g/mol. The number of benzene rings is 1.